The van der Waals surface area contributed by atoms with Crippen LogP contribution in [0.3, 0.4) is 0 Å². The Balaban J connectivity index is 1.38. The van der Waals surface area contributed by atoms with Crippen LogP contribution in [0.4, 0.5) is 4.79 Å². The van der Waals surface area contributed by atoms with Crippen molar-refractivity contribution < 1.29 is 24.2 Å². The second kappa shape index (κ2) is 12.9. The number of nitrogens with one attached hydrogen (secondary N) is 1. The van der Waals surface area contributed by atoms with Crippen LogP contribution >= 0.6 is 0 Å². The number of nitrogens with zero attached hydrogens (tertiary/aromatic N) is 1. The monoisotopic (exact) mass is 480 g/mol. The number of carbonyl (C=O) groups excluding carboxylic acids is 2. The van der Waals surface area contributed by atoms with Gasteiger partial charge in [0, 0.05) is 38.4 Å². The fraction of sp³-hybridized carbons (Fsp3) is 0.464. The molecule has 0 bridgehead atoms. The van der Waals surface area contributed by atoms with E-state index in [-0.39, 0.29) is 30.8 Å². The molecule has 0 saturated heterocycles. The number of carboxylic acids is 1. The average Bonchev–Trinajstić information content (AvgIpc) is 3.18. The fourth-order valence-corrected chi connectivity index (χ4v) is 4.58. The Labute approximate surface area is 207 Å². The van der Waals surface area contributed by atoms with Crippen molar-refractivity contribution in [3.8, 4) is 11.1 Å². The first-order chi connectivity index (χ1) is 16.9. The fourth-order valence-electron chi connectivity index (χ4n) is 4.58. The van der Waals surface area contributed by atoms with Crippen molar-refractivity contribution in [3.63, 3.8) is 0 Å². The molecule has 0 saturated carbocycles. The van der Waals surface area contributed by atoms with Gasteiger partial charge in [-0.25, -0.2) is 4.79 Å². The molecule has 1 aliphatic carbocycles. The normalized spacial score (nSPS) is 13.0. The van der Waals surface area contributed by atoms with Crippen molar-refractivity contribution >= 4 is 18.0 Å². The zero-order valence-electron chi connectivity index (χ0n) is 20.7. The summed E-state index contributed by atoms with van der Waals surface area (Å²) < 4.78 is 5.58. The van der Waals surface area contributed by atoms with Crippen molar-refractivity contribution in [2.24, 2.45) is 5.92 Å². The quantitative estimate of drug-likeness (QED) is 0.391. The summed E-state index contributed by atoms with van der Waals surface area (Å²) >= 11 is 0. The smallest absolute Gasteiger partial charge is 0.407 e. The molecule has 0 aliphatic heterocycles. The van der Waals surface area contributed by atoms with Crippen LogP contribution < -0.4 is 5.32 Å². The predicted octanol–water partition coefficient (Wildman–Crippen LogP) is 5.04. The van der Waals surface area contributed by atoms with Crippen LogP contribution in [-0.2, 0) is 14.3 Å². The van der Waals surface area contributed by atoms with Crippen LogP contribution in [0, 0.1) is 5.92 Å². The number of aliphatic carboxylic acids is 1. The van der Waals surface area contributed by atoms with Crippen molar-refractivity contribution in [2.75, 3.05) is 26.2 Å². The maximum atomic E-state index is 12.5. The zero-order valence-corrected chi connectivity index (χ0v) is 20.7. The van der Waals surface area contributed by atoms with Crippen molar-refractivity contribution in [1.82, 2.24) is 10.2 Å². The number of fused-ring (bicyclic) bond motifs is 3. The van der Waals surface area contributed by atoms with E-state index in [2.05, 4.69) is 29.6 Å². The lowest BCUT2D eigenvalue weighted by atomic mass is 9.98. The first-order valence-electron chi connectivity index (χ1n) is 12.5. The number of benzene rings is 2. The van der Waals surface area contributed by atoms with E-state index in [1.165, 1.54) is 22.3 Å². The number of hydrogen-bond donors (Lipinski definition) is 2. The number of unbranched alkanes of at least 4 members (excludes halogenated alkanes) is 1. The average molecular weight is 481 g/mol. The number of ether oxygens (including phenoxy) is 1. The first kappa shape index (κ1) is 26.3. The Bertz CT molecular complexity index is 976. The molecule has 7 nitrogen and oxygen atoms in total. The molecule has 1 unspecified atom stereocenters. The van der Waals surface area contributed by atoms with E-state index >= 15 is 0 Å². The van der Waals surface area contributed by atoms with Gasteiger partial charge in [-0.1, -0.05) is 55.5 Å². The number of amides is 2. The van der Waals surface area contributed by atoms with Crippen LogP contribution in [0.1, 0.15) is 63.0 Å². The highest BCUT2D eigenvalue weighted by atomic mass is 16.5. The van der Waals surface area contributed by atoms with E-state index in [9.17, 15) is 14.4 Å². The Morgan fingerprint density at radius 2 is 1.63 bits per heavy atom. The molecule has 188 valence electrons. The highest BCUT2D eigenvalue weighted by Gasteiger charge is 2.29. The Morgan fingerprint density at radius 3 is 2.23 bits per heavy atom. The molecule has 0 heterocycles. The van der Waals surface area contributed by atoms with Crippen molar-refractivity contribution in [1.29, 1.82) is 0 Å². The molecule has 7 heteroatoms. The molecule has 2 N–H and O–H groups in total. The summed E-state index contributed by atoms with van der Waals surface area (Å²) in [7, 11) is 0. The molecule has 3 rings (SSSR count). The minimum absolute atomic E-state index is 0.0266. The molecule has 2 aromatic carbocycles. The van der Waals surface area contributed by atoms with Crippen LogP contribution in [-0.4, -0.2) is 54.2 Å². The van der Waals surface area contributed by atoms with E-state index in [1.807, 2.05) is 38.1 Å². The molecule has 0 spiro atoms. The molecule has 0 radical (unpaired) electrons. The largest absolute Gasteiger partial charge is 0.481 e. The van der Waals surface area contributed by atoms with Crippen LogP contribution in [0.5, 0.6) is 0 Å². The van der Waals surface area contributed by atoms with Crippen LogP contribution in [0.2, 0.25) is 0 Å². The second-order valence-electron chi connectivity index (χ2n) is 9.17. The number of carboxylic acid groups (broad SMARTS) is 1. The topological polar surface area (TPSA) is 95.9 Å². The van der Waals surface area contributed by atoms with E-state index in [4.69, 9.17) is 9.84 Å². The summed E-state index contributed by atoms with van der Waals surface area (Å²) in [5.41, 5.74) is 4.74. The third-order valence-corrected chi connectivity index (χ3v) is 6.59. The highest BCUT2D eigenvalue weighted by Crippen LogP contribution is 2.44. The lowest BCUT2D eigenvalue weighted by molar-refractivity contribution is -0.137. The number of alkyl carbamates (subject to hydrolysis) is 1. The Hall–Kier alpha value is -3.35. The molecular formula is C28H36N2O5. The van der Waals surface area contributed by atoms with Gasteiger partial charge in [0.1, 0.15) is 6.61 Å². The van der Waals surface area contributed by atoms with Gasteiger partial charge in [-0.3, -0.25) is 9.59 Å². The number of hydrogen-bond acceptors (Lipinski definition) is 4. The van der Waals surface area contributed by atoms with Crippen molar-refractivity contribution in [2.45, 2.75) is 51.9 Å². The van der Waals surface area contributed by atoms with Crippen LogP contribution in [0.25, 0.3) is 11.1 Å². The first-order valence-corrected chi connectivity index (χ1v) is 12.5. The third-order valence-electron chi connectivity index (χ3n) is 6.59. The van der Waals surface area contributed by atoms with Gasteiger partial charge >= 0.3 is 12.1 Å². The minimum atomic E-state index is -0.808. The Morgan fingerprint density at radius 1 is 1.00 bits per heavy atom. The van der Waals surface area contributed by atoms with E-state index in [0.29, 0.717) is 45.3 Å². The molecule has 0 fully saturated rings. The Kier molecular flexibility index (Phi) is 9.70. The van der Waals surface area contributed by atoms with Gasteiger partial charge < -0.3 is 20.1 Å². The molecule has 2 aromatic rings. The standard InChI is InChI=1S/C28H36N2O5/c1-3-30(17-9-8-14-27(32)33)26(31)16-15-20(2)18-29-28(34)35-19-25-23-12-6-4-10-21(23)22-11-5-7-13-24(22)25/h4-7,10-13,20,25H,3,8-9,14-19H2,1-2H3,(H,29,34)(H,32,33). The van der Waals surface area contributed by atoms with Gasteiger partial charge in [0.2, 0.25) is 5.91 Å². The summed E-state index contributed by atoms with van der Waals surface area (Å²) in [5, 5.41) is 11.6. The highest BCUT2D eigenvalue weighted by molar-refractivity contribution is 5.79. The van der Waals surface area contributed by atoms with Gasteiger partial charge in [-0.05, 0) is 54.4 Å². The van der Waals surface area contributed by atoms with Gasteiger partial charge in [0.05, 0.1) is 0 Å². The van der Waals surface area contributed by atoms with Gasteiger partial charge in [0.15, 0.2) is 0 Å². The predicted molar refractivity (Wildman–Crippen MR) is 135 cm³/mol. The van der Waals surface area contributed by atoms with Gasteiger partial charge in [-0.2, -0.15) is 0 Å². The van der Waals surface area contributed by atoms with E-state index in [1.54, 1.807) is 4.90 Å². The summed E-state index contributed by atoms with van der Waals surface area (Å²) in [4.78, 5) is 37.3. The molecule has 0 aromatic heterocycles. The third kappa shape index (κ3) is 7.31. The molecule has 2 amide bonds. The van der Waals surface area contributed by atoms with E-state index < -0.39 is 12.1 Å². The lowest BCUT2D eigenvalue weighted by Crippen LogP contribution is -2.33. The minimum Gasteiger partial charge on any atom is -0.481 e. The zero-order chi connectivity index (χ0) is 25.2. The summed E-state index contributed by atoms with van der Waals surface area (Å²) in [6.45, 7) is 5.83. The summed E-state index contributed by atoms with van der Waals surface area (Å²) in [6, 6.07) is 16.5. The SMILES string of the molecule is CCN(CCCCC(=O)O)C(=O)CCC(C)CNC(=O)OCC1c2ccccc2-c2ccccc21. The van der Waals surface area contributed by atoms with Crippen molar-refractivity contribution in [3.05, 3.63) is 59.7 Å². The summed E-state index contributed by atoms with van der Waals surface area (Å²) in [6.07, 6.45) is 2.00. The maximum Gasteiger partial charge on any atom is 0.407 e. The van der Waals surface area contributed by atoms with E-state index in [0.717, 1.165) is 0 Å². The lowest BCUT2D eigenvalue weighted by Gasteiger charge is -2.22. The van der Waals surface area contributed by atoms with Crippen LogP contribution in [0.15, 0.2) is 48.5 Å². The molecule has 35 heavy (non-hydrogen) atoms. The number of rotatable bonds is 13. The van der Waals surface area contributed by atoms with Gasteiger partial charge in [0.25, 0.3) is 0 Å². The number of carbonyl (C=O) groups is 3. The molecule has 1 aliphatic rings. The molecular weight excluding hydrogens is 444 g/mol. The van der Waals surface area contributed by atoms with Gasteiger partial charge in [-0.15, -0.1) is 0 Å². The summed E-state index contributed by atoms with van der Waals surface area (Å²) in [5.74, 6) is -0.586. The molecule has 1 atom stereocenters. The maximum absolute atomic E-state index is 12.5. The second-order valence-corrected chi connectivity index (χ2v) is 9.17.